The number of anilines is 2. The molecule has 2 N–H and O–H groups in total. The van der Waals surface area contributed by atoms with Crippen molar-refractivity contribution in [3.63, 3.8) is 0 Å². The molecule has 134 valence electrons. The molecule has 25 heavy (non-hydrogen) atoms. The highest BCUT2D eigenvalue weighted by molar-refractivity contribution is 7.92. The summed E-state index contributed by atoms with van der Waals surface area (Å²) in [7, 11) is -3.80. The Labute approximate surface area is 148 Å². The lowest BCUT2D eigenvalue weighted by atomic mass is 10.1. The third-order valence-corrected chi connectivity index (χ3v) is 4.59. The number of aryl methyl sites for hydroxylation is 2. The van der Waals surface area contributed by atoms with E-state index in [9.17, 15) is 13.2 Å². The van der Waals surface area contributed by atoms with Gasteiger partial charge in [0.05, 0.1) is 4.90 Å². The first kappa shape index (κ1) is 18.9. The maximum atomic E-state index is 12.4. The average molecular weight is 362 g/mol. The first-order chi connectivity index (χ1) is 11.7. The zero-order chi connectivity index (χ0) is 18.6. The van der Waals surface area contributed by atoms with E-state index in [-0.39, 0.29) is 22.7 Å². The van der Waals surface area contributed by atoms with Crippen molar-refractivity contribution in [2.45, 2.75) is 39.0 Å². The number of sulfonamides is 1. The standard InChI is InChI=1S/C17H22N4O3S/c1-11(2)9-16(22)20-14-5-7-15(8-6-14)25(23,24)21-17-18-12(3)10-13(4)19-17/h5-8,10-11H,9H2,1-4H3,(H,20,22)(H,18,19,21). The van der Waals surface area contributed by atoms with Gasteiger partial charge in [0.15, 0.2) is 0 Å². The number of nitrogens with one attached hydrogen (secondary N) is 2. The molecule has 0 bridgehead atoms. The molecular weight excluding hydrogens is 340 g/mol. The summed E-state index contributed by atoms with van der Waals surface area (Å²) in [6.07, 6.45) is 0.408. The predicted molar refractivity (Wildman–Crippen MR) is 96.8 cm³/mol. The molecule has 0 aliphatic carbocycles. The molecule has 0 radical (unpaired) electrons. The molecular formula is C17H22N4O3S. The third kappa shape index (κ3) is 5.53. The van der Waals surface area contributed by atoms with E-state index < -0.39 is 10.0 Å². The fourth-order valence-corrected chi connectivity index (χ4v) is 3.19. The van der Waals surface area contributed by atoms with Crippen molar-refractivity contribution in [1.29, 1.82) is 0 Å². The van der Waals surface area contributed by atoms with Gasteiger partial charge >= 0.3 is 0 Å². The van der Waals surface area contributed by atoms with Crippen molar-refractivity contribution in [3.8, 4) is 0 Å². The van der Waals surface area contributed by atoms with E-state index in [4.69, 9.17) is 0 Å². The van der Waals surface area contributed by atoms with Crippen LogP contribution in [0.2, 0.25) is 0 Å². The van der Waals surface area contributed by atoms with Gasteiger partial charge in [0.1, 0.15) is 0 Å². The molecule has 0 aliphatic heterocycles. The van der Waals surface area contributed by atoms with E-state index >= 15 is 0 Å². The number of amides is 1. The Morgan fingerprint density at radius 3 is 2.16 bits per heavy atom. The van der Waals surface area contributed by atoms with Crippen molar-refractivity contribution in [1.82, 2.24) is 9.97 Å². The highest BCUT2D eigenvalue weighted by Gasteiger charge is 2.16. The van der Waals surface area contributed by atoms with Gasteiger partial charge in [0, 0.05) is 23.5 Å². The lowest BCUT2D eigenvalue weighted by Crippen LogP contribution is -2.16. The van der Waals surface area contributed by atoms with Gasteiger partial charge in [-0.15, -0.1) is 0 Å². The maximum absolute atomic E-state index is 12.4. The minimum Gasteiger partial charge on any atom is -0.326 e. The van der Waals surface area contributed by atoms with Crippen LogP contribution in [-0.4, -0.2) is 24.3 Å². The summed E-state index contributed by atoms with van der Waals surface area (Å²) in [5.74, 6) is 0.181. The number of rotatable bonds is 6. The first-order valence-corrected chi connectivity index (χ1v) is 9.39. The minimum absolute atomic E-state index is 0.0341. The Kier molecular flexibility index (Phi) is 5.73. The average Bonchev–Trinajstić information content (AvgIpc) is 2.45. The van der Waals surface area contributed by atoms with Crippen LogP contribution < -0.4 is 10.0 Å². The van der Waals surface area contributed by atoms with Crippen LogP contribution in [0.15, 0.2) is 35.2 Å². The van der Waals surface area contributed by atoms with Crippen LogP contribution in [-0.2, 0) is 14.8 Å². The van der Waals surface area contributed by atoms with Crippen LogP contribution in [0.3, 0.4) is 0 Å². The Balaban J connectivity index is 2.13. The van der Waals surface area contributed by atoms with Gasteiger partial charge in [0.25, 0.3) is 10.0 Å². The second-order valence-corrected chi connectivity index (χ2v) is 7.93. The molecule has 0 saturated carbocycles. The van der Waals surface area contributed by atoms with Gasteiger partial charge in [-0.05, 0) is 50.1 Å². The van der Waals surface area contributed by atoms with E-state index in [1.807, 2.05) is 13.8 Å². The smallest absolute Gasteiger partial charge is 0.264 e. The molecule has 8 heteroatoms. The number of hydrogen-bond acceptors (Lipinski definition) is 5. The summed E-state index contributed by atoms with van der Waals surface area (Å²) in [5.41, 5.74) is 1.90. The Morgan fingerprint density at radius 1 is 1.08 bits per heavy atom. The number of carbonyl (C=O) groups is 1. The van der Waals surface area contributed by atoms with Crippen LogP contribution >= 0.6 is 0 Å². The molecule has 2 aromatic rings. The topological polar surface area (TPSA) is 101 Å². The summed E-state index contributed by atoms with van der Waals surface area (Å²) >= 11 is 0. The Hall–Kier alpha value is -2.48. The van der Waals surface area contributed by atoms with Gasteiger partial charge in [-0.25, -0.2) is 23.1 Å². The summed E-state index contributed by atoms with van der Waals surface area (Å²) in [6, 6.07) is 7.71. The molecule has 1 heterocycles. The van der Waals surface area contributed by atoms with Crippen LogP contribution in [0.4, 0.5) is 11.6 Å². The van der Waals surface area contributed by atoms with Crippen molar-refractivity contribution in [2.75, 3.05) is 10.0 Å². The second kappa shape index (κ2) is 7.60. The normalized spacial score (nSPS) is 11.4. The molecule has 1 aromatic heterocycles. The molecule has 1 aromatic carbocycles. The Bertz CT molecular complexity index is 842. The predicted octanol–water partition coefficient (Wildman–Crippen LogP) is 2.88. The van der Waals surface area contributed by atoms with Crippen LogP contribution in [0.1, 0.15) is 31.7 Å². The minimum atomic E-state index is -3.80. The number of hydrogen-bond donors (Lipinski definition) is 2. The highest BCUT2D eigenvalue weighted by Crippen LogP contribution is 2.17. The third-order valence-electron chi connectivity index (χ3n) is 3.25. The first-order valence-electron chi connectivity index (χ1n) is 7.91. The van der Waals surface area contributed by atoms with E-state index in [1.165, 1.54) is 12.1 Å². The molecule has 7 nitrogen and oxygen atoms in total. The van der Waals surface area contributed by atoms with Crippen molar-refractivity contribution >= 4 is 27.6 Å². The van der Waals surface area contributed by atoms with Gasteiger partial charge in [-0.3, -0.25) is 4.79 Å². The molecule has 0 spiro atoms. The van der Waals surface area contributed by atoms with E-state index in [0.717, 1.165) is 0 Å². The summed E-state index contributed by atoms with van der Waals surface area (Å²) in [6.45, 7) is 7.44. The molecule has 2 rings (SSSR count). The number of benzene rings is 1. The SMILES string of the molecule is Cc1cc(C)nc(NS(=O)(=O)c2ccc(NC(=O)CC(C)C)cc2)n1. The Morgan fingerprint density at radius 2 is 1.64 bits per heavy atom. The van der Waals surface area contributed by atoms with Crippen LogP contribution in [0.5, 0.6) is 0 Å². The zero-order valence-corrected chi connectivity index (χ0v) is 15.5. The van der Waals surface area contributed by atoms with Crippen LogP contribution in [0, 0.1) is 19.8 Å². The monoisotopic (exact) mass is 362 g/mol. The molecule has 1 amide bonds. The number of aromatic nitrogens is 2. The fraction of sp³-hybridized carbons (Fsp3) is 0.353. The van der Waals surface area contributed by atoms with Gasteiger partial charge in [-0.2, -0.15) is 0 Å². The summed E-state index contributed by atoms with van der Waals surface area (Å²) < 4.78 is 27.2. The van der Waals surface area contributed by atoms with E-state index in [0.29, 0.717) is 23.5 Å². The highest BCUT2D eigenvalue weighted by atomic mass is 32.2. The summed E-state index contributed by atoms with van der Waals surface area (Å²) in [4.78, 5) is 20.0. The lowest BCUT2D eigenvalue weighted by molar-refractivity contribution is -0.116. The maximum Gasteiger partial charge on any atom is 0.264 e. The largest absolute Gasteiger partial charge is 0.326 e. The van der Waals surface area contributed by atoms with Crippen molar-refractivity contribution in [2.24, 2.45) is 5.92 Å². The molecule has 0 aliphatic rings. The second-order valence-electron chi connectivity index (χ2n) is 6.25. The van der Waals surface area contributed by atoms with Crippen molar-refractivity contribution in [3.05, 3.63) is 41.7 Å². The lowest BCUT2D eigenvalue weighted by Gasteiger charge is -2.10. The number of carbonyl (C=O) groups excluding carboxylic acids is 1. The molecule has 0 unspecified atom stereocenters. The molecule has 0 atom stereocenters. The zero-order valence-electron chi connectivity index (χ0n) is 14.7. The van der Waals surface area contributed by atoms with Gasteiger partial charge in [0.2, 0.25) is 11.9 Å². The van der Waals surface area contributed by atoms with E-state index in [2.05, 4.69) is 20.0 Å². The van der Waals surface area contributed by atoms with Crippen molar-refractivity contribution < 1.29 is 13.2 Å². The number of nitrogens with zero attached hydrogens (tertiary/aromatic N) is 2. The molecule has 0 fully saturated rings. The van der Waals surface area contributed by atoms with Gasteiger partial charge in [-0.1, -0.05) is 13.8 Å². The molecule has 0 saturated heterocycles. The quantitative estimate of drug-likeness (QED) is 0.823. The fourth-order valence-electron chi connectivity index (χ4n) is 2.25. The van der Waals surface area contributed by atoms with Gasteiger partial charge < -0.3 is 5.32 Å². The summed E-state index contributed by atoms with van der Waals surface area (Å²) in [5, 5.41) is 2.74. The van der Waals surface area contributed by atoms with E-state index in [1.54, 1.807) is 32.0 Å². The van der Waals surface area contributed by atoms with Crippen LogP contribution in [0.25, 0.3) is 0 Å².